The van der Waals surface area contributed by atoms with Crippen molar-refractivity contribution in [2.24, 2.45) is 11.7 Å². The summed E-state index contributed by atoms with van der Waals surface area (Å²) >= 11 is 0. The second kappa shape index (κ2) is 8.81. The van der Waals surface area contributed by atoms with Crippen molar-refractivity contribution in [1.29, 1.82) is 0 Å². The van der Waals surface area contributed by atoms with Crippen molar-refractivity contribution in [3.8, 4) is 0 Å². The van der Waals surface area contributed by atoms with Gasteiger partial charge in [0.2, 0.25) is 11.8 Å². The minimum Gasteiger partial charge on any atom is -0.359 e. The molecule has 0 radical (unpaired) electrons. The Morgan fingerprint density at radius 2 is 2.11 bits per heavy atom. The van der Waals surface area contributed by atoms with Crippen LogP contribution in [0.4, 0.5) is 0 Å². The summed E-state index contributed by atoms with van der Waals surface area (Å²) in [7, 11) is 1.63. The van der Waals surface area contributed by atoms with Crippen LogP contribution in [-0.2, 0) is 22.6 Å². The molecule has 0 aliphatic carbocycles. The van der Waals surface area contributed by atoms with Gasteiger partial charge in [-0.3, -0.25) is 9.59 Å². The van der Waals surface area contributed by atoms with Crippen molar-refractivity contribution in [3.63, 3.8) is 0 Å². The molecule has 1 unspecified atom stereocenters. The van der Waals surface area contributed by atoms with Crippen LogP contribution in [0.1, 0.15) is 24.1 Å². The van der Waals surface area contributed by atoms with Crippen molar-refractivity contribution in [2.45, 2.75) is 31.8 Å². The van der Waals surface area contributed by atoms with Gasteiger partial charge in [0.25, 0.3) is 0 Å². The Morgan fingerprint density at radius 3 is 2.85 bits per heavy atom. The Morgan fingerprint density at radius 1 is 1.33 bits per heavy atom. The van der Waals surface area contributed by atoms with Crippen LogP contribution in [0.25, 0.3) is 0 Å². The molecule has 27 heavy (non-hydrogen) atoms. The lowest BCUT2D eigenvalue weighted by atomic mass is 9.96. The molecule has 0 saturated carbocycles. The number of piperidine rings is 1. The van der Waals surface area contributed by atoms with E-state index in [1.807, 2.05) is 29.0 Å². The molecule has 0 spiro atoms. The summed E-state index contributed by atoms with van der Waals surface area (Å²) in [6, 6.07) is 9.48. The third kappa shape index (κ3) is 4.95. The van der Waals surface area contributed by atoms with Gasteiger partial charge in [0.05, 0.1) is 24.0 Å². The number of likely N-dealkylation sites (tertiary alicyclic amines) is 1. The van der Waals surface area contributed by atoms with Crippen molar-refractivity contribution in [1.82, 2.24) is 19.8 Å². The molecular weight excluding hydrogens is 342 g/mol. The molecule has 1 fully saturated rings. The average Bonchev–Trinajstić information content (AvgIpc) is 3.14. The summed E-state index contributed by atoms with van der Waals surface area (Å²) in [4.78, 5) is 30.6. The molecule has 144 valence electrons. The molecular formula is C20H27N5O2. The van der Waals surface area contributed by atoms with Gasteiger partial charge in [-0.25, -0.2) is 4.98 Å². The molecule has 3 rings (SSSR count). The quantitative estimate of drug-likeness (QED) is 0.787. The Balaban J connectivity index is 1.56. The third-order valence-corrected chi connectivity index (χ3v) is 4.99. The monoisotopic (exact) mass is 369 g/mol. The van der Waals surface area contributed by atoms with E-state index in [9.17, 15) is 9.59 Å². The number of carbonyl (C=O) groups is 2. The molecule has 2 heterocycles. The smallest absolute Gasteiger partial charge is 0.239 e. The number of aromatic nitrogens is 2. The standard InChI is InChI=1S/C20H27N5O2/c1-22-19(26)16-8-5-9-25(12-16)20(27)18(21)10-17-13-24(14-23-17)11-15-6-3-2-4-7-15/h2-4,6-7,13-14,16,18H,5,8-12,21H2,1H3,(H,22,26)/t16?,18-/m0/s1. The van der Waals surface area contributed by atoms with Crippen LogP contribution in [0.5, 0.6) is 0 Å². The van der Waals surface area contributed by atoms with Gasteiger partial charge in [0.15, 0.2) is 0 Å². The van der Waals surface area contributed by atoms with Gasteiger partial charge in [-0.2, -0.15) is 0 Å². The van der Waals surface area contributed by atoms with Crippen molar-refractivity contribution in [2.75, 3.05) is 20.1 Å². The van der Waals surface area contributed by atoms with Gasteiger partial charge in [-0.1, -0.05) is 30.3 Å². The van der Waals surface area contributed by atoms with E-state index < -0.39 is 6.04 Å². The van der Waals surface area contributed by atoms with Gasteiger partial charge in [-0.15, -0.1) is 0 Å². The van der Waals surface area contributed by atoms with Crippen LogP contribution in [0, 0.1) is 5.92 Å². The van der Waals surface area contributed by atoms with Crippen molar-refractivity contribution in [3.05, 3.63) is 54.1 Å². The summed E-state index contributed by atoms with van der Waals surface area (Å²) in [6.07, 6.45) is 5.72. The molecule has 1 saturated heterocycles. The molecule has 7 heteroatoms. The number of nitrogens with zero attached hydrogens (tertiary/aromatic N) is 3. The molecule has 1 aliphatic heterocycles. The van der Waals surface area contributed by atoms with Gasteiger partial charge < -0.3 is 20.5 Å². The zero-order valence-electron chi connectivity index (χ0n) is 15.7. The van der Waals surface area contributed by atoms with Crippen LogP contribution in [0.3, 0.4) is 0 Å². The molecule has 0 bridgehead atoms. The molecule has 7 nitrogen and oxygen atoms in total. The summed E-state index contributed by atoms with van der Waals surface area (Å²) in [5.74, 6) is -0.271. The first kappa shape index (κ1) is 19.1. The van der Waals surface area contributed by atoms with E-state index in [0.717, 1.165) is 25.1 Å². The van der Waals surface area contributed by atoms with Gasteiger partial charge in [0, 0.05) is 39.3 Å². The topological polar surface area (TPSA) is 93.3 Å². The first-order chi connectivity index (χ1) is 13.1. The lowest BCUT2D eigenvalue weighted by molar-refractivity contribution is -0.136. The molecule has 1 aliphatic rings. The molecule has 1 aromatic carbocycles. The fourth-order valence-corrected chi connectivity index (χ4v) is 3.54. The number of hydrogen-bond donors (Lipinski definition) is 2. The molecule has 3 N–H and O–H groups in total. The predicted octanol–water partition coefficient (Wildman–Crippen LogP) is 0.786. The lowest BCUT2D eigenvalue weighted by Gasteiger charge is -2.33. The number of nitrogens with two attached hydrogens (primary N) is 1. The van der Waals surface area contributed by atoms with Gasteiger partial charge in [-0.05, 0) is 18.4 Å². The fraction of sp³-hybridized carbons (Fsp3) is 0.450. The number of nitrogens with one attached hydrogen (secondary N) is 1. The lowest BCUT2D eigenvalue weighted by Crippen LogP contribution is -2.51. The largest absolute Gasteiger partial charge is 0.359 e. The first-order valence-electron chi connectivity index (χ1n) is 9.37. The maximum atomic E-state index is 12.7. The second-order valence-electron chi connectivity index (χ2n) is 7.07. The van der Waals surface area contributed by atoms with Gasteiger partial charge >= 0.3 is 0 Å². The van der Waals surface area contributed by atoms with E-state index in [0.29, 0.717) is 19.5 Å². The molecule has 2 amide bonds. The third-order valence-electron chi connectivity index (χ3n) is 4.99. The summed E-state index contributed by atoms with van der Waals surface area (Å²) in [5, 5.41) is 2.66. The highest BCUT2D eigenvalue weighted by atomic mass is 16.2. The van der Waals surface area contributed by atoms with Gasteiger partial charge in [0.1, 0.15) is 0 Å². The molecule has 2 aromatic rings. The number of hydrogen-bond acceptors (Lipinski definition) is 4. The Hall–Kier alpha value is -2.67. The maximum Gasteiger partial charge on any atom is 0.239 e. The van der Waals surface area contributed by atoms with Crippen LogP contribution >= 0.6 is 0 Å². The van der Waals surface area contributed by atoms with E-state index in [4.69, 9.17) is 5.73 Å². The Labute approximate surface area is 159 Å². The fourth-order valence-electron chi connectivity index (χ4n) is 3.54. The van der Waals surface area contributed by atoms with E-state index >= 15 is 0 Å². The highest BCUT2D eigenvalue weighted by molar-refractivity contribution is 5.84. The number of benzene rings is 1. The number of amides is 2. The number of carbonyl (C=O) groups excluding carboxylic acids is 2. The normalized spacial score (nSPS) is 18.1. The van der Waals surface area contributed by atoms with Crippen LogP contribution in [-0.4, -0.2) is 52.4 Å². The van der Waals surface area contributed by atoms with Crippen LogP contribution in [0.2, 0.25) is 0 Å². The second-order valence-corrected chi connectivity index (χ2v) is 7.07. The highest BCUT2D eigenvalue weighted by Gasteiger charge is 2.30. The zero-order chi connectivity index (χ0) is 19.2. The van der Waals surface area contributed by atoms with E-state index in [1.165, 1.54) is 5.56 Å². The maximum absolute atomic E-state index is 12.7. The van der Waals surface area contributed by atoms with Crippen LogP contribution < -0.4 is 11.1 Å². The molecule has 2 atom stereocenters. The summed E-state index contributed by atoms with van der Waals surface area (Å²) in [6.45, 7) is 1.83. The molecule has 1 aromatic heterocycles. The first-order valence-corrected chi connectivity index (χ1v) is 9.37. The predicted molar refractivity (Wildman–Crippen MR) is 103 cm³/mol. The Kier molecular flexibility index (Phi) is 6.24. The average molecular weight is 369 g/mol. The summed E-state index contributed by atoms with van der Waals surface area (Å²) < 4.78 is 1.99. The number of rotatable bonds is 6. The Bertz CT molecular complexity index is 774. The van der Waals surface area contributed by atoms with Crippen molar-refractivity contribution >= 4 is 11.8 Å². The van der Waals surface area contributed by atoms with E-state index in [-0.39, 0.29) is 17.7 Å². The van der Waals surface area contributed by atoms with E-state index in [2.05, 4.69) is 22.4 Å². The number of imidazole rings is 1. The SMILES string of the molecule is CNC(=O)C1CCCN(C(=O)[C@@H](N)Cc2cn(Cc3ccccc3)cn2)C1. The minimum absolute atomic E-state index is 0.0132. The highest BCUT2D eigenvalue weighted by Crippen LogP contribution is 2.17. The van der Waals surface area contributed by atoms with Crippen LogP contribution in [0.15, 0.2) is 42.9 Å². The van der Waals surface area contributed by atoms with E-state index in [1.54, 1.807) is 18.3 Å². The zero-order valence-corrected chi connectivity index (χ0v) is 15.7. The minimum atomic E-state index is -0.645. The summed E-state index contributed by atoms with van der Waals surface area (Å²) in [5.41, 5.74) is 8.14. The van der Waals surface area contributed by atoms with Crippen molar-refractivity contribution < 1.29 is 9.59 Å².